The molecule has 0 aliphatic carbocycles. The van der Waals surface area contributed by atoms with Gasteiger partial charge in [0.2, 0.25) is 0 Å². The van der Waals surface area contributed by atoms with E-state index in [2.05, 4.69) is 62.5 Å². The molecule has 1 unspecified atom stereocenters. The summed E-state index contributed by atoms with van der Waals surface area (Å²) in [6, 6.07) is 0. The van der Waals surface area contributed by atoms with E-state index in [0.717, 1.165) is 64.2 Å². The van der Waals surface area contributed by atoms with Gasteiger partial charge in [-0.05, 0) is 64.2 Å². The molecule has 0 saturated carbocycles. The number of esters is 1. The third-order valence-electron chi connectivity index (χ3n) is 9.08. The zero-order valence-electron chi connectivity index (χ0n) is 31.8. The summed E-state index contributed by atoms with van der Waals surface area (Å²) in [5.41, 5.74) is 0. The number of carbonyl (C=O) groups is 2. The zero-order chi connectivity index (χ0) is 35.0. The fourth-order valence-electron chi connectivity index (χ4n) is 5.95. The summed E-state index contributed by atoms with van der Waals surface area (Å²) < 4.78 is 5.31. The lowest BCUT2D eigenvalue weighted by molar-refractivity contribution is -0.164. The maximum Gasteiger partial charge on any atom is 0.345 e. The van der Waals surface area contributed by atoms with Crippen molar-refractivity contribution in [2.75, 3.05) is 0 Å². The fourth-order valence-corrected chi connectivity index (χ4v) is 5.95. The van der Waals surface area contributed by atoms with Crippen LogP contribution >= 0.6 is 0 Å². The Bertz CT molecular complexity index is 809. The van der Waals surface area contributed by atoms with E-state index in [1.165, 1.54) is 122 Å². The van der Waals surface area contributed by atoms with Gasteiger partial charge in [0.25, 0.3) is 0 Å². The number of rotatable bonds is 37. The van der Waals surface area contributed by atoms with Gasteiger partial charge in [-0.3, -0.25) is 4.79 Å². The van der Waals surface area contributed by atoms with E-state index < -0.39 is 12.1 Å². The van der Waals surface area contributed by atoms with Crippen LogP contribution in [0.15, 0.2) is 48.6 Å². The fraction of sp³-hybridized carbons (Fsp3) is 0.773. The summed E-state index contributed by atoms with van der Waals surface area (Å²) in [4.78, 5) is 23.8. The molecule has 0 aliphatic heterocycles. The molecule has 0 heterocycles. The van der Waals surface area contributed by atoms with E-state index in [4.69, 9.17) is 4.74 Å². The smallest absolute Gasteiger partial charge is 0.345 e. The Balaban J connectivity index is 3.62. The molecule has 0 aromatic carbocycles. The molecule has 1 atom stereocenters. The van der Waals surface area contributed by atoms with Crippen LogP contribution in [0.2, 0.25) is 0 Å². The number of hydrogen-bond acceptors (Lipinski definition) is 3. The Hall–Kier alpha value is -2.10. The Morgan fingerprint density at radius 2 is 0.792 bits per heavy atom. The van der Waals surface area contributed by atoms with Crippen LogP contribution in [0.4, 0.5) is 0 Å². The van der Waals surface area contributed by atoms with Crippen LogP contribution in [0.1, 0.15) is 213 Å². The zero-order valence-corrected chi connectivity index (χ0v) is 31.8. The third kappa shape index (κ3) is 36.7. The molecule has 0 saturated heterocycles. The van der Waals surface area contributed by atoms with Gasteiger partial charge >= 0.3 is 11.9 Å². The topological polar surface area (TPSA) is 63.6 Å². The molecule has 48 heavy (non-hydrogen) atoms. The SMILES string of the molecule is CCCCC/C=C\C/C=C\C/C=C\C/C=C\CCCCCC(=O)OC(CCCCCCCCCCCCCCCCCCCC)C(=O)O. The molecular weight excluding hydrogens is 592 g/mol. The van der Waals surface area contributed by atoms with Crippen molar-refractivity contribution in [1.29, 1.82) is 0 Å². The number of hydrogen-bond donors (Lipinski definition) is 1. The van der Waals surface area contributed by atoms with Crippen molar-refractivity contribution < 1.29 is 19.4 Å². The minimum absolute atomic E-state index is 0.303. The normalized spacial score (nSPS) is 12.7. The number of carboxylic acids is 1. The third-order valence-corrected chi connectivity index (χ3v) is 9.08. The van der Waals surface area contributed by atoms with Crippen LogP contribution in [0, 0.1) is 0 Å². The van der Waals surface area contributed by atoms with Crippen LogP contribution in [0.5, 0.6) is 0 Å². The quantitative estimate of drug-likeness (QED) is 0.0406. The van der Waals surface area contributed by atoms with Crippen molar-refractivity contribution in [1.82, 2.24) is 0 Å². The number of ether oxygens (including phenoxy) is 1. The maximum atomic E-state index is 12.2. The summed E-state index contributed by atoms with van der Waals surface area (Å²) in [7, 11) is 0. The first-order chi connectivity index (χ1) is 23.6. The number of unbranched alkanes of at least 4 members (excludes halogenated alkanes) is 23. The molecule has 0 fully saturated rings. The van der Waals surface area contributed by atoms with Gasteiger partial charge in [-0.1, -0.05) is 191 Å². The van der Waals surface area contributed by atoms with Crippen LogP contribution in [-0.4, -0.2) is 23.1 Å². The average molecular weight is 671 g/mol. The van der Waals surface area contributed by atoms with Crippen molar-refractivity contribution in [2.45, 2.75) is 219 Å². The number of aliphatic carboxylic acids is 1. The first-order valence-electron chi connectivity index (χ1n) is 20.6. The molecule has 1 N–H and O–H groups in total. The first-order valence-corrected chi connectivity index (χ1v) is 20.6. The minimum atomic E-state index is -1.02. The summed E-state index contributed by atoms with van der Waals surface area (Å²) in [6.45, 7) is 4.52. The van der Waals surface area contributed by atoms with E-state index in [1.54, 1.807) is 0 Å². The lowest BCUT2D eigenvalue weighted by Crippen LogP contribution is -2.27. The van der Waals surface area contributed by atoms with E-state index in [0.29, 0.717) is 12.8 Å². The highest BCUT2D eigenvalue weighted by atomic mass is 16.6. The summed E-state index contributed by atoms with van der Waals surface area (Å²) >= 11 is 0. The summed E-state index contributed by atoms with van der Waals surface area (Å²) in [6.07, 6.45) is 52.9. The molecule has 0 aromatic rings. The highest BCUT2D eigenvalue weighted by Crippen LogP contribution is 2.16. The molecule has 0 amide bonds. The van der Waals surface area contributed by atoms with E-state index >= 15 is 0 Å². The van der Waals surface area contributed by atoms with E-state index in [9.17, 15) is 14.7 Å². The van der Waals surface area contributed by atoms with Gasteiger partial charge in [0.1, 0.15) is 0 Å². The van der Waals surface area contributed by atoms with Crippen LogP contribution in [-0.2, 0) is 14.3 Å². The largest absolute Gasteiger partial charge is 0.479 e. The van der Waals surface area contributed by atoms with Crippen molar-refractivity contribution in [3.8, 4) is 0 Å². The van der Waals surface area contributed by atoms with Gasteiger partial charge in [-0.2, -0.15) is 0 Å². The highest BCUT2D eigenvalue weighted by molar-refractivity contribution is 5.77. The summed E-state index contributed by atoms with van der Waals surface area (Å²) in [5, 5.41) is 9.50. The predicted molar refractivity (Wildman–Crippen MR) is 209 cm³/mol. The molecular formula is C44H78O4. The number of allylic oxidation sites excluding steroid dienone is 8. The molecule has 0 aromatic heterocycles. The predicted octanol–water partition coefficient (Wildman–Crippen LogP) is 14.3. The molecule has 4 heteroatoms. The van der Waals surface area contributed by atoms with Gasteiger partial charge in [-0.15, -0.1) is 0 Å². The van der Waals surface area contributed by atoms with Crippen molar-refractivity contribution >= 4 is 11.9 Å². The van der Waals surface area contributed by atoms with Crippen molar-refractivity contribution in [3.63, 3.8) is 0 Å². The van der Waals surface area contributed by atoms with Gasteiger partial charge < -0.3 is 9.84 Å². The molecule has 0 spiro atoms. The lowest BCUT2D eigenvalue weighted by atomic mass is 10.0. The molecule has 0 aliphatic rings. The Morgan fingerprint density at radius 1 is 0.458 bits per heavy atom. The molecule has 4 nitrogen and oxygen atoms in total. The van der Waals surface area contributed by atoms with Crippen LogP contribution in [0.3, 0.4) is 0 Å². The molecule has 0 radical (unpaired) electrons. The molecule has 278 valence electrons. The maximum absolute atomic E-state index is 12.2. The van der Waals surface area contributed by atoms with Crippen LogP contribution < -0.4 is 0 Å². The van der Waals surface area contributed by atoms with Crippen molar-refractivity contribution in [2.24, 2.45) is 0 Å². The standard InChI is InChI=1S/C44H78O4/c1-3-5-7-9-11-13-15-17-19-21-23-25-27-29-31-33-35-37-39-41-43(45)48-42(44(46)47)40-38-36-34-32-30-28-26-24-22-20-18-16-14-12-10-8-6-4-2/h11,13,17,19,23,25,29,31,42H,3-10,12,14-16,18,20-22,24,26-28,30,32-41H2,1-2H3,(H,46,47)/b13-11-,19-17-,25-23-,31-29-. The monoisotopic (exact) mass is 671 g/mol. The second kappa shape index (κ2) is 39.3. The Kier molecular flexibility index (Phi) is 37.6. The molecule has 0 rings (SSSR count). The van der Waals surface area contributed by atoms with Gasteiger partial charge in [0.15, 0.2) is 6.10 Å². The second-order valence-electron chi connectivity index (χ2n) is 13.8. The summed E-state index contributed by atoms with van der Waals surface area (Å²) in [5.74, 6) is -1.39. The first kappa shape index (κ1) is 45.9. The van der Waals surface area contributed by atoms with Crippen molar-refractivity contribution in [3.05, 3.63) is 48.6 Å². The Morgan fingerprint density at radius 3 is 1.21 bits per heavy atom. The number of carboxylic acid groups (broad SMARTS) is 1. The van der Waals surface area contributed by atoms with Gasteiger partial charge in [0, 0.05) is 6.42 Å². The van der Waals surface area contributed by atoms with E-state index in [1.807, 2.05) is 0 Å². The lowest BCUT2D eigenvalue weighted by Gasteiger charge is -2.13. The number of carbonyl (C=O) groups excluding carboxylic acids is 1. The van der Waals surface area contributed by atoms with E-state index in [-0.39, 0.29) is 5.97 Å². The molecule has 0 bridgehead atoms. The van der Waals surface area contributed by atoms with Crippen LogP contribution in [0.25, 0.3) is 0 Å². The highest BCUT2D eigenvalue weighted by Gasteiger charge is 2.21. The second-order valence-corrected chi connectivity index (χ2v) is 13.8. The minimum Gasteiger partial charge on any atom is -0.479 e. The van der Waals surface area contributed by atoms with Gasteiger partial charge in [-0.25, -0.2) is 4.79 Å². The Labute approximate surface area is 298 Å². The van der Waals surface area contributed by atoms with Gasteiger partial charge in [0.05, 0.1) is 0 Å². The average Bonchev–Trinajstić information content (AvgIpc) is 3.08.